The highest BCUT2D eigenvalue weighted by atomic mass is 79.9. The highest BCUT2D eigenvalue weighted by Crippen LogP contribution is 2.39. The van der Waals surface area contributed by atoms with Gasteiger partial charge >= 0.3 is 0 Å². The number of aromatic nitrogens is 1. The topological polar surface area (TPSA) is 12.9 Å². The van der Waals surface area contributed by atoms with Gasteiger partial charge in [-0.1, -0.05) is 42.5 Å². The molecule has 0 amide bonds. The average Bonchev–Trinajstić information content (AvgIpc) is 2.88. The second-order valence-electron chi connectivity index (χ2n) is 4.67. The largest absolute Gasteiger partial charge is 0.263 e. The Morgan fingerprint density at radius 3 is 2.65 bits per heavy atom. The van der Waals surface area contributed by atoms with Crippen molar-refractivity contribution in [3.05, 3.63) is 64.7 Å². The van der Waals surface area contributed by atoms with Crippen molar-refractivity contribution in [2.45, 2.75) is 0 Å². The summed E-state index contributed by atoms with van der Waals surface area (Å²) in [7, 11) is 0. The molecule has 0 fully saturated rings. The molecule has 0 saturated heterocycles. The minimum Gasteiger partial charge on any atom is -0.263 e. The first-order valence-corrected chi connectivity index (χ1v) is 8.01. The molecule has 0 spiro atoms. The Bertz CT molecular complexity index is 921. The summed E-state index contributed by atoms with van der Waals surface area (Å²) in [6, 6.07) is 14.8. The molecule has 2 aromatic heterocycles. The second kappa shape index (κ2) is 4.69. The number of halogens is 1. The van der Waals surface area contributed by atoms with E-state index in [0.29, 0.717) is 0 Å². The molecule has 0 saturated carbocycles. The molecule has 20 heavy (non-hydrogen) atoms. The number of rotatable bonds is 1. The molecule has 4 aromatic rings. The SMILES string of the molecule is Brc1csc2c(-c3cncc4ccccc34)cccc12. The van der Waals surface area contributed by atoms with E-state index in [1.54, 1.807) is 11.3 Å². The minimum atomic E-state index is 1.16. The lowest BCUT2D eigenvalue weighted by atomic mass is 10.0. The van der Waals surface area contributed by atoms with Crippen molar-refractivity contribution in [1.82, 2.24) is 4.98 Å². The third-order valence-electron chi connectivity index (χ3n) is 3.51. The van der Waals surface area contributed by atoms with Crippen LogP contribution in [-0.4, -0.2) is 4.98 Å². The van der Waals surface area contributed by atoms with Crippen LogP contribution in [0.4, 0.5) is 0 Å². The minimum absolute atomic E-state index is 1.16. The van der Waals surface area contributed by atoms with Crippen LogP contribution in [0.2, 0.25) is 0 Å². The molecule has 96 valence electrons. The predicted octanol–water partition coefficient (Wildman–Crippen LogP) is 5.88. The zero-order chi connectivity index (χ0) is 13.5. The Hall–Kier alpha value is -1.71. The molecule has 0 unspecified atom stereocenters. The molecule has 2 aromatic carbocycles. The zero-order valence-corrected chi connectivity index (χ0v) is 12.9. The van der Waals surface area contributed by atoms with E-state index in [0.717, 1.165) is 4.47 Å². The smallest absolute Gasteiger partial charge is 0.0433 e. The number of nitrogens with zero attached hydrogens (tertiary/aromatic N) is 1. The van der Waals surface area contributed by atoms with Crippen LogP contribution in [0.1, 0.15) is 0 Å². The van der Waals surface area contributed by atoms with Crippen LogP contribution in [0.5, 0.6) is 0 Å². The van der Waals surface area contributed by atoms with Gasteiger partial charge in [-0.05, 0) is 21.3 Å². The normalized spacial score (nSPS) is 11.2. The van der Waals surface area contributed by atoms with Gasteiger partial charge in [-0.2, -0.15) is 0 Å². The highest BCUT2D eigenvalue weighted by molar-refractivity contribution is 9.10. The second-order valence-corrected chi connectivity index (χ2v) is 6.41. The molecule has 0 atom stereocenters. The van der Waals surface area contributed by atoms with Gasteiger partial charge in [0.15, 0.2) is 0 Å². The molecule has 1 nitrogen and oxygen atoms in total. The van der Waals surface area contributed by atoms with Gasteiger partial charge in [-0.25, -0.2) is 0 Å². The number of fused-ring (bicyclic) bond motifs is 2. The van der Waals surface area contributed by atoms with Crippen LogP contribution in [0.15, 0.2) is 64.7 Å². The summed E-state index contributed by atoms with van der Waals surface area (Å²) in [5.41, 5.74) is 2.45. The summed E-state index contributed by atoms with van der Waals surface area (Å²) < 4.78 is 2.46. The highest BCUT2D eigenvalue weighted by Gasteiger charge is 2.10. The number of thiophene rings is 1. The summed E-state index contributed by atoms with van der Waals surface area (Å²) in [5.74, 6) is 0. The standard InChI is InChI=1S/C17H10BrNS/c18-16-10-20-17-13(6-3-7-14(16)17)15-9-19-8-11-4-1-2-5-12(11)15/h1-10H. The van der Waals surface area contributed by atoms with Crippen LogP contribution in [0.3, 0.4) is 0 Å². The van der Waals surface area contributed by atoms with Crippen molar-refractivity contribution in [3.63, 3.8) is 0 Å². The molecule has 0 aliphatic heterocycles. The number of pyridine rings is 1. The summed E-state index contributed by atoms with van der Waals surface area (Å²) >= 11 is 5.39. The van der Waals surface area contributed by atoms with Crippen molar-refractivity contribution in [2.75, 3.05) is 0 Å². The Labute approximate surface area is 129 Å². The molecule has 0 aliphatic rings. The summed E-state index contributed by atoms with van der Waals surface area (Å²) in [4.78, 5) is 4.40. The molecule has 3 heteroatoms. The lowest BCUT2D eigenvalue weighted by Gasteiger charge is -2.07. The van der Waals surface area contributed by atoms with E-state index in [4.69, 9.17) is 0 Å². The Kier molecular flexibility index (Phi) is 2.83. The van der Waals surface area contributed by atoms with Gasteiger partial charge in [0, 0.05) is 48.8 Å². The van der Waals surface area contributed by atoms with Crippen molar-refractivity contribution in [3.8, 4) is 11.1 Å². The lowest BCUT2D eigenvalue weighted by Crippen LogP contribution is -1.84. The van der Waals surface area contributed by atoms with Crippen molar-refractivity contribution >= 4 is 48.1 Å². The van der Waals surface area contributed by atoms with E-state index in [9.17, 15) is 0 Å². The average molecular weight is 340 g/mol. The fourth-order valence-electron chi connectivity index (χ4n) is 2.57. The molecule has 4 rings (SSSR count). The van der Waals surface area contributed by atoms with Gasteiger partial charge in [0.2, 0.25) is 0 Å². The molecular weight excluding hydrogens is 330 g/mol. The van der Waals surface area contributed by atoms with Crippen LogP contribution < -0.4 is 0 Å². The first-order chi connectivity index (χ1) is 9.84. The van der Waals surface area contributed by atoms with E-state index < -0.39 is 0 Å². The molecule has 0 aliphatic carbocycles. The summed E-state index contributed by atoms with van der Waals surface area (Å²) in [6.45, 7) is 0. The molecule has 0 radical (unpaired) electrons. The first kappa shape index (κ1) is 12.1. The van der Waals surface area contributed by atoms with Crippen molar-refractivity contribution in [1.29, 1.82) is 0 Å². The van der Waals surface area contributed by atoms with Crippen LogP contribution in [0.25, 0.3) is 32.0 Å². The fourth-order valence-corrected chi connectivity index (χ4v) is 4.27. The van der Waals surface area contributed by atoms with E-state index in [1.807, 2.05) is 12.4 Å². The van der Waals surface area contributed by atoms with E-state index >= 15 is 0 Å². The van der Waals surface area contributed by atoms with Gasteiger partial charge in [0.25, 0.3) is 0 Å². The number of hydrogen-bond donors (Lipinski definition) is 0. The van der Waals surface area contributed by atoms with E-state index in [1.165, 1.54) is 32.0 Å². The van der Waals surface area contributed by atoms with Gasteiger partial charge in [0.1, 0.15) is 0 Å². The molecular formula is C17H10BrNS. The Morgan fingerprint density at radius 2 is 1.70 bits per heavy atom. The summed E-state index contributed by atoms with van der Waals surface area (Å²) in [6.07, 6.45) is 3.88. The first-order valence-electron chi connectivity index (χ1n) is 6.33. The predicted molar refractivity (Wildman–Crippen MR) is 90.3 cm³/mol. The Balaban J connectivity index is 2.12. The van der Waals surface area contributed by atoms with E-state index in [-0.39, 0.29) is 0 Å². The summed E-state index contributed by atoms with van der Waals surface area (Å²) in [5, 5.41) is 5.84. The van der Waals surface area contributed by atoms with Crippen LogP contribution in [-0.2, 0) is 0 Å². The number of hydrogen-bond acceptors (Lipinski definition) is 2. The van der Waals surface area contributed by atoms with Gasteiger partial charge < -0.3 is 0 Å². The molecule has 2 heterocycles. The molecule has 0 bridgehead atoms. The quantitative estimate of drug-likeness (QED) is 0.422. The van der Waals surface area contributed by atoms with Crippen molar-refractivity contribution in [2.24, 2.45) is 0 Å². The van der Waals surface area contributed by atoms with Crippen molar-refractivity contribution < 1.29 is 0 Å². The van der Waals surface area contributed by atoms with Crippen LogP contribution in [0, 0.1) is 0 Å². The number of benzene rings is 2. The third-order valence-corrected chi connectivity index (χ3v) is 5.50. The maximum atomic E-state index is 4.40. The van der Waals surface area contributed by atoms with Gasteiger partial charge in [-0.3, -0.25) is 4.98 Å². The monoisotopic (exact) mass is 339 g/mol. The lowest BCUT2D eigenvalue weighted by molar-refractivity contribution is 1.36. The Morgan fingerprint density at radius 1 is 0.850 bits per heavy atom. The zero-order valence-electron chi connectivity index (χ0n) is 10.5. The van der Waals surface area contributed by atoms with Gasteiger partial charge in [-0.15, -0.1) is 11.3 Å². The fraction of sp³-hybridized carbons (Fsp3) is 0. The molecule has 0 N–H and O–H groups in total. The third kappa shape index (κ3) is 1.78. The van der Waals surface area contributed by atoms with Crippen LogP contribution >= 0.6 is 27.3 Å². The van der Waals surface area contributed by atoms with E-state index in [2.05, 4.69) is 68.8 Å². The maximum absolute atomic E-state index is 4.40. The van der Waals surface area contributed by atoms with Gasteiger partial charge in [0.05, 0.1) is 0 Å². The maximum Gasteiger partial charge on any atom is 0.0433 e.